The van der Waals surface area contributed by atoms with Crippen LogP contribution in [-0.4, -0.2) is 67.8 Å². The van der Waals surface area contributed by atoms with Gasteiger partial charge in [-0.3, -0.25) is 0 Å². The molecule has 0 radical (unpaired) electrons. The van der Waals surface area contributed by atoms with Crippen molar-refractivity contribution in [1.29, 1.82) is 0 Å². The number of hydrogen-bond donors (Lipinski definition) is 1. The van der Waals surface area contributed by atoms with E-state index >= 15 is 0 Å². The summed E-state index contributed by atoms with van der Waals surface area (Å²) in [6, 6.07) is 0.150. The third kappa shape index (κ3) is 3.90. The van der Waals surface area contributed by atoms with Gasteiger partial charge >= 0.3 is 0 Å². The molecule has 1 unspecified atom stereocenters. The fourth-order valence-corrected chi connectivity index (χ4v) is 5.11. The van der Waals surface area contributed by atoms with Gasteiger partial charge in [0.1, 0.15) is 0 Å². The van der Waals surface area contributed by atoms with Gasteiger partial charge in [0.2, 0.25) is 10.0 Å². The molecule has 1 atom stereocenters. The molecular weight excluding hydrogens is 264 g/mol. The first-order valence-electron chi connectivity index (χ1n) is 7.32. The van der Waals surface area contributed by atoms with E-state index in [1.807, 2.05) is 7.05 Å². The van der Waals surface area contributed by atoms with Crippen LogP contribution in [0.25, 0.3) is 0 Å². The maximum Gasteiger partial charge on any atom is 0.214 e. The third-order valence-corrected chi connectivity index (χ3v) is 6.53. The number of nitrogens with zero attached hydrogens (tertiary/aromatic N) is 2. The first-order valence-corrected chi connectivity index (χ1v) is 8.93. The van der Waals surface area contributed by atoms with Gasteiger partial charge in [-0.15, -0.1) is 0 Å². The van der Waals surface area contributed by atoms with E-state index in [0.29, 0.717) is 31.2 Å². The summed E-state index contributed by atoms with van der Waals surface area (Å²) in [4.78, 5) is 2.15. The van der Waals surface area contributed by atoms with Crippen LogP contribution >= 0.6 is 0 Å². The zero-order valence-corrected chi connectivity index (χ0v) is 12.6. The number of likely N-dealkylation sites (N-methyl/N-ethyl adjacent to an activating group) is 1. The predicted molar refractivity (Wildman–Crippen MR) is 75.4 cm³/mol. The Kier molecular flexibility index (Phi) is 5.22. The standard InChI is InChI=1S/C13H26N2O3S/c1-14-7-8-15(10-13(14)6-9-16)19(17,18)11-12-4-2-3-5-12/h12-13,16H,2-11H2,1H3. The highest BCUT2D eigenvalue weighted by Crippen LogP contribution is 2.27. The molecule has 2 rings (SSSR count). The zero-order valence-electron chi connectivity index (χ0n) is 11.8. The van der Waals surface area contributed by atoms with Crippen molar-refractivity contribution in [2.75, 3.05) is 39.0 Å². The predicted octanol–water partition coefficient (Wildman–Crippen LogP) is 0.505. The Morgan fingerprint density at radius 2 is 1.89 bits per heavy atom. The minimum atomic E-state index is -3.12. The normalized spacial score (nSPS) is 28.0. The SMILES string of the molecule is CN1CCN(S(=O)(=O)CC2CCCC2)CC1CCO. The highest BCUT2D eigenvalue weighted by Gasteiger charge is 2.33. The molecule has 0 amide bonds. The molecule has 1 N–H and O–H groups in total. The van der Waals surface area contributed by atoms with E-state index in [2.05, 4.69) is 4.90 Å². The van der Waals surface area contributed by atoms with Crippen LogP contribution in [0.4, 0.5) is 0 Å². The van der Waals surface area contributed by atoms with Crippen molar-refractivity contribution in [3.05, 3.63) is 0 Å². The molecule has 1 heterocycles. The van der Waals surface area contributed by atoms with E-state index in [1.165, 1.54) is 12.8 Å². The van der Waals surface area contributed by atoms with Gasteiger partial charge in [0.25, 0.3) is 0 Å². The van der Waals surface area contributed by atoms with Crippen LogP contribution < -0.4 is 0 Å². The molecule has 1 aliphatic heterocycles. The molecular formula is C13H26N2O3S. The summed E-state index contributed by atoms with van der Waals surface area (Å²) in [5.41, 5.74) is 0. The molecule has 0 aromatic heterocycles. The minimum Gasteiger partial charge on any atom is -0.396 e. The van der Waals surface area contributed by atoms with Crippen LogP contribution in [-0.2, 0) is 10.0 Å². The Bertz CT molecular complexity index is 379. The second kappa shape index (κ2) is 6.52. The summed E-state index contributed by atoms with van der Waals surface area (Å²) in [5.74, 6) is 0.684. The van der Waals surface area contributed by atoms with E-state index < -0.39 is 10.0 Å². The van der Waals surface area contributed by atoms with Gasteiger partial charge in [-0.2, -0.15) is 4.31 Å². The molecule has 0 aromatic carbocycles. The molecule has 19 heavy (non-hydrogen) atoms. The van der Waals surface area contributed by atoms with Crippen LogP contribution in [0.1, 0.15) is 32.1 Å². The molecule has 1 saturated heterocycles. The first kappa shape index (κ1) is 15.2. The minimum absolute atomic E-state index is 0.117. The van der Waals surface area contributed by atoms with Crippen molar-refractivity contribution in [3.63, 3.8) is 0 Å². The van der Waals surface area contributed by atoms with Gasteiger partial charge in [0.15, 0.2) is 0 Å². The van der Waals surface area contributed by atoms with Crippen molar-refractivity contribution < 1.29 is 13.5 Å². The Labute approximate surface area is 116 Å². The molecule has 0 bridgehead atoms. The van der Waals surface area contributed by atoms with Crippen molar-refractivity contribution in [1.82, 2.24) is 9.21 Å². The van der Waals surface area contributed by atoms with Gasteiger partial charge in [0, 0.05) is 32.3 Å². The highest BCUT2D eigenvalue weighted by atomic mass is 32.2. The van der Waals surface area contributed by atoms with Gasteiger partial charge in [0.05, 0.1) is 5.75 Å². The summed E-state index contributed by atoms with van der Waals surface area (Å²) < 4.78 is 26.5. The van der Waals surface area contributed by atoms with E-state index in [-0.39, 0.29) is 12.6 Å². The van der Waals surface area contributed by atoms with Gasteiger partial charge in [-0.25, -0.2) is 8.42 Å². The lowest BCUT2D eigenvalue weighted by Gasteiger charge is -2.38. The number of hydrogen-bond acceptors (Lipinski definition) is 4. The third-order valence-electron chi connectivity index (χ3n) is 4.52. The molecule has 0 spiro atoms. The summed E-state index contributed by atoms with van der Waals surface area (Å²) in [7, 11) is -1.12. The molecule has 1 aliphatic carbocycles. The van der Waals surface area contributed by atoms with Crippen LogP contribution in [0.5, 0.6) is 0 Å². The average Bonchev–Trinajstić information content (AvgIpc) is 2.84. The fourth-order valence-electron chi connectivity index (χ4n) is 3.21. The summed E-state index contributed by atoms with van der Waals surface area (Å²) in [6.45, 7) is 2.00. The van der Waals surface area contributed by atoms with Crippen LogP contribution in [0.3, 0.4) is 0 Å². The Balaban J connectivity index is 1.95. The van der Waals surface area contributed by atoms with E-state index in [4.69, 9.17) is 5.11 Å². The first-order chi connectivity index (χ1) is 9.03. The van der Waals surface area contributed by atoms with Crippen molar-refractivity contribution in [2.24, 2.45) is 5.92 Å². The smallest absolute Gasteiger partial charge is 0.214 e. The number of aliphatic hydroxyl groups is 1. The Morgan fingerprint density at radius 1 is 1.21 bits per heavy atom. The lowest BCUT2D eigenvalue weighted by atomic mass is 10.1. The van der Waals surface area contributed by atoms with Crippen molar-refractivity contribution >= 4 is 10.0 Å². The average molecular weight is 290 g/mol. The zero-order chi connectivity index (χ0) is 13.9. The summed E-state index contributed by atoms with van der Waals surface area (Å²) in [6.07, 6.45) is 5.12. The largest absolute Gasteiger partial charge is 0.396 e. The summed E-state index contributed by atoms with van der Waals surface area (Å²) >= 11 is 0. The maximum absolute atomic E-state index is 12.4. The molecule has 2 aliphatic rings. The molecule has 1 saturated carbocycles. The molecule has 112 valence electrons. The van der Waals surface area contributed by atoms with E-state index in [1.54, 1.807) is 4.31 Å². The molecule has 6 heteroatoms. The Morgan fingerprint density at radius 3 is 2.53 bits per heavy atom. The van der Waals surface area contributed by atoms with Gasteiger partial charge in [-0.05, 0) is 32.2 Å². The Hall–Kier alpha value is -0.170. The quantitative estimate of drug-likeness (QED) is 0.801. The molecule has 0 aromatic rings. The van der Waals surface area contributed by atoms with Crippen LogP contribution in [0.15, 0.2) is 0 Å². The van der Waals surface area contributed by atoms with Gasteiger partial charge < -0.3 is 10.0 Å². The summed E-state index contributed by atoms with van der Waals surface area (Å²) in [5, 5.41) is 9.06. The van der Waals surface area contributed by atoms with Crippen molar-refractivity contribution in [3.8, 4) is 0 Å². The number of rotatable bonds is 5. The number of sulfonamides is 1. The van der Waals surface area contributed by atoms with Crippen molar-refractivity contribution in [2.45, 2.75) is 38.1 Å². The molecule has 5 nitrogen and oxygen atoms in total. The van der Waals surface area contributed by atoms with E-state index in [0.717, 1.165) is 19.4 Å². The maximum atomic E-state index is 12.4. The lowest BCUT2D eigenvalue weighted by molar-refractivity contribution is 0.120. The monoisotopic (exact) mass is 290 g/mol. The second-order valence-electron chi connectivity index (χ2n) is 5.93. The fraction of sp³-hybridized carbons (Fsp3) is 1.00. The number of aliphatic hydroxyl groups excluding tert-OH is 1. The van der Waals surface area contributed by atoms with Gasteiger partial charge in [-0.1, -0.05) is 12.8 Å². The lowest BCUT2D eigenvalue weighted by Crippen LogP contribution is -2.54. The molecule has 2 fully saturated rings. The number of piperazine rings is 1. The topological polar surface area (TPSA) is 60.9 Å². The highest BCUT2D eigenvalue weighted by molar-refractivity contribution is 7.89. The van der Waals surface area contributed by atoms with Crippen LogP contribution in [0, 0.1) is 5.92 Å². The second-order valence-corrected chi connectivity index (χ2v) is 7.95. The van der Waals surface area contributed by atoms with Crippen LogP contribution in [0.2, 0.25) is 0 Å². The van der Waals surface area contributed by atoms with E-state index in [9.17, 15) is 8.42 Å².